The van der Waals surface area contributed by atoms with Crippen LogP contribution in [0, 0.1) is 6.92 Å². The number of sulfone groups is 1. The number of hydrogen-bond donors (Lipinski definition) is 2. The first-order chi connectivity index (χ1) is 18.7. The second-order valence-corrected chi connectivity index (χ2v) is 11.7. The number of anilines is 1. The molecule has 7 nitrogen and oxygen atoms in total. The first-order valence-electron chi connectivity index (χ1n) is 12.0. The van der Waals surface area contributed by atoms with Crippen LogP contribution in [0.5, 0.6) is 0 Å². The zero-order valence-corrected chi connectivity index (χ0v) is 23.4. The van der Waals surface area contributed by atoms with Gasteiger partial charge in [-0.1, -0.05) is 48.9 Å². The van der Waals surface area contributed by atoms with Crippen molar-refractivity contribution < 1.29 is 21.6 Å². The van der Waals surface area contributed by atoms with E-state index in [-0.39, 0.29) is 16.6 Å². The lowest BCUT2D eigenvalue weighted by molar-refractivity contribution is -0.141. The number of nitrogens with two attached hydrogens (primary N) is 2. The smallest absolute Gasteiger partial charge is 0.403 e. The van der Waals surface area contributed by atoms with Gasteiger partial charge in [0, 0.05) is 29.6 Å². The Morgan fingerprint density at radius 1 is 1.07 bits per heavy atom. The van der Waals surface area contributed by atoms with Gasteiger partial charge in [0.15, 0.2) is 15.5 Å². The number of benzene rings is 3. The summed E-state index contributed by atoms with van der Waals surface area (Å²) in [5.41, 5.74) is 8.09. The van der Waals surface area contributed by atoms with Crippen molar-refractivity contribution in [2.24, 2.45) is 11.6 Å². The molecule has 210 valence electrons. The Morgan fingerprint density at radius 3 is 2.30 bits per heavy atom. The van der Waals surface area contributed by atoms with E-state index in [1.165, 1.54) is 34.8 Å². The largest absolute Gasteiger partial charge is 0.434 e. The summed E-state index contributed by atoms with van der Waals surface area (Å²) < 4.78 is 66.1. The fourth-order valence-electron chi connectivity index (χ4n) is 4.35. The number of aryl methyl sites for hydroxylation is 1. The van der Waals surface area contributed by atoms with Gasteiger partial charge in [-0.2, -0.15) is 13.2 Å². The minimum Gasteiger partial charge on any atom is -0.403 e. The molecule has 0 spiro atoms. The van der Waals surface area contributed by atoms with Gasteiger partial charge in [0.05, 0.1) is 22.0 Å². The Morgan fingerprint density at radius 2 is 1.73 bits per heavy atom. The molecule has 1 unspecified atom stereocenters. The van der Waals surface area contributed by atoms with Crippen molar-refractivity contribution in [1.82, 2.24) is 9.55 Å². The highest BCUT2D eigenvalue weighted by Crippen LogP contribution is 2.37. The first kappa shape index (κ1) is 29.2. The average molecular weight is 590 g/mol. The average Bonchev–Trinajstić information content (AvgIpc) is 3.30. The van der Waals surface area contributed by atoms with Crippen LogP contribution in [-0.4, -0.2) is 24.2 Å². The van der Waals surface area contributed by atoms with Crippen molar-refractivity contribution in [3.63, 3.8) is 0 Å². The van der Waals surface area contributed by atoms with Crippen LogP contribution in [0.2, 0.25) is 5.02 Å². The molecule has 1 heterocycles. The van der Waals surface area contributed by atoms with Crippen LogP contribution in [0.4, 0.5) is 18.9 Å². The van der Waals surface area contributed by atoms with Crippen molar-refractivity contribution in [2.75, 3.05) is 11.3 Å². The lowest BCUT2D eigenvalue weighted by atomic mass is 9.97. The van der Waals surface area contributed by atoms with Crippen molar-refractivity contribution in [3.05, 3.63) is 107 Å². The lowest BCUT2D eigenvalue weighted by Crippen LogP contribution is -2.34. The monoisotopic (exact) mass is 589 g/mol. The number of hydrogen-bond acceptors (Lipinski definition) is 6. The van der Waals surface area contributed by atoms with Crippen LogP contribution in [-0.2, 0) is 16.0 Å². The molecule has 1 aromatic heterocycles. The predicted molar refractivity (Wildman–Crippen MR) is 151 cm³/mol. The second kappa shape index (κ2) is 11.0. The third-order valence-corrected chi connectivity index (χ3v) is 7.89. The Balaban J connectivity index is 1.90. The molecular weight excluding hydrogens is 563 g/mol. The highest BCUT2D eigenvalue weighted by Gasteiger charge is 2.35. The quantitative estimate of drug-likeness (QED) is 0.196. The molecule has 0 amide bonds. The van der Waals surface area contributed by atoms with Crippen LogP contribution in [0.3, 0.4) is 0 Å². The summed E-state index contributed by atoms with van der Waals surface area (Å²) in [6, 6.07) is 18.4. The molecule has 0 saturated carbocycles. The number of rotatable bonds is 7. The van der Waals surface area contributed by atoms with Gasteiger partial charge in [0.1, 0.15) is 5.82 Å². The molecule has 0 aliphatic carbocycles. The molecule has 0 aliphatic rings. The third kappa shape index (κ3) is 6.01. The normalized spacial score (nSPS) is 13.3. The van der Waals surface area contributed by atoms with Gasteiger partial charge in [-0.3, -0.25) is 5.01 Å². The van der Waals surface area contributed by atoms with E-state index in [2.05, 4.69) is 4.98 Å². The van der Waals surface area contributed by atoms with E-state index < -0.39 is 21.7 Å². The summed E-state index contributed by atoms with van der Waals surface area (Å²) in [6.45, 7) is 3.34. The molecule has 4 N–H and O–H groups in total. The van der Waals surface area contributed by atoms with Gasteiger partial charge in [-0.25, -0.2) is 19.2 Å². The lowest BCUT2D eigenvalue weighted by Gasteiger charge is -2.29. The molecule has 4 aromatic rings. The number of alkyl halides is 3. The Bertz CT molecular complexity index is 1680. The van der Waals surface area contributed by atoms with Crippen LogP contribution >= 0.6 is 11.6 Å². The summed E-state index contributed by atoms with van der Waals surface area (Å²) in [4.78, 5) is 3.82. The zero-order chi connectivity index (χ0) is 29.4. The number of aromatic nitrogens is 2. The first-order valence-corrected chi connectivity index (χ1v) is 14.3. The number of halogens is 4. The maximum absolute atomic E-state index is 13.5. The maximum Gasteiger partial charge on any atom is 0.434 e. The van der Waals surface area contributed by atoms with Gasteiger partial charge < -0.3 is 10.3 Å². The highest BCUT2D eigenvalue weighted by molar-refractivity contribution is 7.90. The molecular formula is C28H27ClF3N5O2S. The SMILES string of the molecule is Cc1nc(C(F)(F)F)cn1-c1ccc(-c2cccc(S(C)(=O)=O)c2)cc1N(N)/C(=C\N)C(C)c1ccc(Cl)cc1. The summed E-state index contributed by atoms with van der Waals surface area (Å²) in [7, 11) is -3.48. The van der Waals surface area contributed by atoms with Crippen molar-refractivity contribution in [2.45, 2.75) is 30.8 Å². The molecule has 12 heteroatoms. The van der Waals surface area contributed by atoms with Gasteiger partial charge >= 0.3 is 6.18 Å². The van der Waals surface area contributed by atoms with E-state index in [1.54, 1.807) is 42.5 Å². The minimum absolute atomic E-state index is 0.0952. The van der Waals surface area contributed by atoms with Gasteiger partial charge in [-0.05, 0) is 60.0 Å². The van der Waals surface area contributed by atoms with E-state index in [0.29, 0.717) is 33.2 Å². The molecule has 40 heavy (non-hydrogen) atoms. The molecule has 0 aliphatic heterocycles. The molecule has 0 saturated heterocycles. The third-order valence-electron chi connectivity index (χ3n) is 6.53. The standard InChI is InChI=1S/C28H27ClF3N5O2S/c1-17(19-7-10-22(29)11-8-19)26(15-33)37(34)25-14-21(20-5-4-6-23(13-20)40(3,38)39)9-12-24(25)36-16-27(28(30,31)32)35-18(36)2/h4-17H,33-34H2,1-3H3/b26-15-. The summed E-state index contributed by atoms with van der Waals surface area (Å²) in [5, 5.41) is 1.87. The number of nitrogens with zero attached hydrogens (tertiary/aromatic N) is 3. The highest BCUT2D eigenvalue weighted by atomic mass is 35.5. The van der Waals surface area contributed by atoms with Crippen LogP contribution in [0.25, 0.3) is 16.8 Å². The maximum atomic E-state index is 13.5. The summed E-state index contributed by atoms with van der Waals surface area (Å²) in [5.74, 6) is 6.42. The fourth-order valence-corrected chi connectivity index (χ4v) is 5.15. The van der Waals surface area contributed by atoms with Gasteiger partial charge in [0.25, 0.3) is 0 Å². The Kier molecular flexibility index (Phi) is 8.02. The van der Waals surface area contributed by atoms with Crippen LogP contribution < -0.4 is 16.6 Å². The molecule has 4 rings (SSSR count). The van der Waals surface area contributed by atoms with Crippen LogP contribution in [0.1, 0.15) is 29.9 Å². The van der Waals surface area contributed by atoms with Crippen molar-refractivity contribution in [1.29, 1.82) is 0 Å². The molecule has 0 fully saturated rings. The number of hydrazine groups is 1. The van der Waals surface area contributed by atoms with E-state index in [9.17, 15) is 21.6 Å². The fraction of sp³-hybridized carbons (Fsp3) is 0.179. The Labute approximate surface area is 235 Å². The molecule has 0 radical (unpaired) electrons. The number of imidazole rings is 1. The van der Waals surface area contributed by atoms with E-state index in [0.717, 1.165) is 18.0 Å². The summed E-state index contributed by atoms with van der Waals surface area (Å²) in [6.07, 6.45) is -1.29. The molecule has 1 atom stereocenters. The van der Waals surface area contributed by atoms with Gasteiger partial charge in [-0.15, -0.1) is 0 Å². The summed E-state index contributed by atoms with van der Waals surface area (Å²) >= 11 is 6.04. The molecule has 0 bridgehead atoms. The van der Waals surface area contributed by atoms with E-state index >= 15 is 0 Å². The minimum atomic E-state index is -4.64. The van der Waals surface area contributed by atoms with E-state index in [4.69, 9.17) is 23.2 Å². The van der Waals surface area contributed by atoms with Crippen LogP contribution in [0.15, 0.2) is 89.7 Å². The van der Waals surface area contributed by atoms with Gasteiger partial charge in [0.2, 0.25) is 0 Å². The number of allylic oxidation sites excluding steroid dienone is 1. The second-order valence-electron chi connectivity index (χ2n) is 9.28. The van der Waals surface area contributed by atoms with Crippen molar-refractivity contribution in [3.8, 4) is 16.8 Å². The molecule has 3 aromatic carbocycles. The zero-order valence-electron chi connectivity index (χ0n) is 21.8. The predicted octanol–water partition coefficient (Wildman–Crippen LogP) is 6.21. The Hall–Kier alpha value is -3.80. The van der Waals surface area contributed by atoms with Crippen molar-refractivity contribution >= 4 is 27.1 Å². The topological polar surface area (TPSA) is 107 Å². The van der Waals surface area contributed by atoms with E-state index in [1.807, 2.05) is 19.1 Å².